The van der Waals surface area contributed by atoms with E-state index in [0.29, 0.717) is 6.61 Å². The highest BCUT2D eigenvalue weighted by molar-refractivity contribution is 4.88. The third-order valence-electron chi connectivity index (χ3n) is 5.74. The van der Waals surface area contributed by atoms with E-state index in [1.807, 2.05) is 0 Å². The zero-order chi connectivity index (χ0) is 21.2. The average Bonchev–Trinajstić information content (AvgIpc) is 3.10. The van der Waals surface area contributed by atoms with Crippen LogP contribution in [0.2, 0.25) is 0 Å². The van der Waals surface area contributed by atoms with Crippen LogP contribution in [0, 0.1) is 0 Å². The lowest BCUT2D eigenvalue weighted by atomic mass is 10.0. The summed E-state index contributed by atoms with van der Waals surface area (Å²) >= 11 is 0. The highest BCUT2D eigenvalue weighted by atomic mass is 16.6. The molecule has 0 aliphatic carbocycles. The molecule has 0 radical (unpaired) electrons. The largest absolute Gasteiger partial charge is 0.394 e. The van der Waals surface area contributed by atoms with Crippen molar-refractivity contribution in [2.45, 2.75) is 121 Å². The number of hydrogen-bond donors (Lipinski definition) is 3. The van der Waals surface area contributed by atoms with Crippen LogP contribution >= 0.6 is 0 Å². The molecule has 0 amide bonds. The minimum absolute atomic E-state index is 0.277. The third kappa shape index (κ3) is 12.7. The summed E-state index contributed by atoms with van der Waals surface area (Å²) in [5, 5.41) is 28.6. The first-order valence-corrected chi connectivity index (χ1v) is 12.1. The number of unbranched alkanes of at least 4 members (excludes halogenated alkanes) is 12. The molecule has 172 valence electrons. The van der Waals surface area contributed by atoms with Gasteiger partial charge in [0, 0.05) is 6.61 Å². The predicted octanol–water partition coefficient (Wildman–Crippen LogP) is 4.52. The van der Waals surface area contributed by atoms with Crippen LogP contribution in [-0.4, -0.2) is 59.6 Å². The Balaban J connectivity index is 1.80. The van der Waals surface area contributed by atoms with Crippen molar-refractivity contribution in [3.05, 3.63) is 12.2 Å². The SMILES string of the molecule is CC/C=C/CCCCCCCCCCCCCCO[C@@H]1CO[C@@H]([C@@H](O)CO)[C@H]1O. The maximum atomic E-state index is 10.1. The molecule has 1 heterocycles. The van der Waals surface area contributed by atoms with Crippen molar-refractivity contribution in [1.82, 2.24) is 0 Å². The van der Waals surface area contributed by atoms with Crippen LogP contribution in [0.25, 0.3) is 0 Å². The summed E-state index contributed by atoms with van der Waals surface area (Å²) in [5.41, 5.74) is 0. The first-order valence-electron chi connectivity index (χ1n) is 12.1. The van der Waals surface area contributed by atoms with Crippen molar-refractivity contribution in [1.29, 1.82) is 0 Å². The van der Waals surface area contributed by atoms with Crippen LogP contribution in [0.3, 0.4) is 0 Å². The number of hydrogen-bond acceptors (Lipinski definition) is 5. The summed E-state index contributed by atoms with van der Waals surface area (Å²) in [4.78, 5) is 0. The van der Waals surface area contributed by atoms with Crippen LogP contribution in [0.5, 0.6) is 0 Å². The Bertz CT molecular complexity index is 387. The van der Waals surface area contributed by atoms with Gasteiger partial charge in [0.2, 0.25) is 0 Å². The van der Waals surface area contributed by atoms with Gasteiger partial charge in [-0.1, -0.05) is 83.3 Å². The molecule has 0 bridgehead atoms. The summed E-state index contributed by atoms with van der Waals surface area (Å²) < 4.78 is 11.0. The maximum absolute atomic E-state index is 10.1. The molecule has 29 heavy (non-hydrogen) atoms. The summed E-state index contributed by atoms with van der Waals surface area (Å²) in [7, 11) is 0. The zero-order valence-corrected chi connectivity index (χ0v) is 18.6. The van der Waals surface area contributed by atoms with Gasteiger partial charge in [0.1, 0.15) is 24.4 Å². The molecule has 1 rings (SSSR count). The average molecular weight is 415 g/mol. The second kappa shape index (κ2) is 18.3. The van der Waals surface area contributed by atoms with Crippen molar-refractivity contribution in [2.24, 2.45) is 0 Å². The molecule has 1 aliphatic heterocycles. The predicted molar refractivity (Wildman–Crippen MR) is 118 cm³/mol. The Morgan fingerprint density at radius 1 is 0.897 bits per heavy atom. The topological polar surface area (TPSA) is 79.2 Å². The number of aliphatic hydroxyl groups is 3. The molecule has 1 fully saturated rings. The molecule has 0 aromatic rings. The van der Waals surface area contributed by atoms with E-state index in [2.05, 4.69) is 19.1 Å². The standard InChI is InChI=1S/C24H46O5/c1-2-3-4-5-6-7-8-9-10-11-12-13-14-15-16-17-18-28-22-20-29-24(23(22)27)21(26)19-25/h3-4,21-27H,2,5-20H2,1H3/b4-3+/t21-,22+,23-,24-/m0/s1. The highest BCUT2D eigenvalue weighted by Crippen LogP contribution is 2.20. The van der Waals surface area contributed by atoms with E-state index in [1.54, 1.807) is 0 Å². The minimum Gasteiger partial charge on any atom is -0.394 e. The van der Waals surface area contributed by atoms with Crippen LogP contribution in [0.1, 0.15) is 96.8 Å². The van der Waals surface area contributed by atoms with E-state index < -0.39 is 31.0 Å². The zero-order valence-electron chi connectivity index (χ0n) is 18.6. The lowest BCUT2D eigenvalue weighted by molar-refractivity contribution is -0.0730. The lowest BCUT2D eigenvalue weighted by Crippen LogP contribution is -2.41. The minimum atomic E-state index is -1.05. The van der Waals surface area contributed by atoms with Crippen molar-refractivity contribution < 1.29 is 24.8 Å². The van der Waals surface area contributed by atoms with Crippen LogP contribution < -0.4 is 0 Å². The van der Waals surface area contributed by atoms with E-state index in [9.17, 15) is 10.2 Å². The first kappa shape index (κ1) is 26.6. The first-order chi connectivity index (χ1) is 14.2. The van der Waals surface area contributed by atoms with Gasteiger partial charge < -0.3 is 24.8 Å². The quantitative estimate of drug-likeness (QED) is 0.214. The highest BCUT2D eigenvalue weighted by Gasteiger charge is 2.40. The number of rotatable bonds is 19. The molecule has 5 heteroatoms. The van der Waals surface area contributed by atoms with Gasteiger partial charge in [0.15, 0.2) is 0 Å². The number of ether oxygens (including phenoxy) is 2. The molecule has 3 N–H and O–H groups in total. The molecule has 0 aromatic carbocycles. The molecule has 0 unspecified atom stereocenters. The number of aliphatic hydroxyl groups excluding tert-OH is 3. The van der Waals surface area contributed by atoms with Crippen molar-refractivity contribution in [3.63, 3.8) is 0 Å². The van der Waals surface area contributed by atoms with Gasteiger partial charge in [-0.05, 0) is 25.7 Å². The normalized spacial score (nSPS) is 23.2. The maximum Gasteiger partial charge on any atom is 0.114 e. The third-order valence-corrected chi connectivity index (χ3v) is 5.74. The summed E-state index contributed by atoms with van der Waals surface area (Å²) in [6, 6.07) is 0. The monoisotopic (exact) mass is 414 g/mol. The Morgan fingerprint density at radius 3 is 2.00 bits per heavy atom. The van der Waals surface area contributed by atoms with Gasteiger partial charge in [-0.2, -0.15) is 0 Å². The van der Waals surface area contributed by atoms with Crippen LogP contribution in [0.4, 0.5) is 0 Å². The van der Waals surface area contributed by atoms with Crippen molar-refractivity contribution >= 4 is 0 Å². The van der Waals surface area contributed by atoms with E-state index in [0.717, 1.165) is 19.3 Å². The fourth-order valence-electron chi connectivity index (χ4n) is 3.86. The second-order valence-electron chi connectivity index (χ2n) is 8.36. The Hall–Kier alpha value is -0.460. The molecule has 5 nitrogen and oxygen atoms in total. The Labute approximate surface area is 178 Å². The summed E-state index contributed by atoms with van der Waals surface area (Å²) in [6.07, 6.45) is 19.6. The van der Waals surface area contributed by atoms with Gasteiger partial charge in [-0.3, -0.25) is 0 Å². The fraction of sp³-hybridized carbons (Fsp3) is 0.917. The van der Waals surface area contributed by atoms with Gasteiger partial charge in [-0.25, -0.2) is 0 Å². The molecule has 0 aromatic heterocycles. The fourth-order valence-corrected chi connectivity index (χ4v) is 3.86. The van der Waals surface area contributed by atoms with E-state index in [4.69, 9.17) is 14.6 Å². The van der Waals surface area contributed by atoms with Crippen molar-refractivity contribution in [3.8, 4) is 0 Å². The molecule has 4 atom stereocenters. The number of allylic oxidation sites excluding steroid dienone is 2. The lowest BCUT2D eigenvalue weighted by Gasteiger charge is -2.20. The summed E-state index contributed by atoms with van der Waals surface area (Å²) in [5.74, 6) is 0. The van der Waals surface area contributed by atoms with Gasteiger partial charge in [0.05, 0.1) is 13.2 Å². The molecule has 1 saturated heterocycles. The molecule has 0 spiro atoms. The summed E-state index contributed by atoms with van der Waals surface area (Å²) in [6.45, 7) is 2.67. The van der Waals surface area contributed by atoms with Crippen molar-refractivity contribution in [2.75, 3.05) is 19.8 Å². The van der Waals surface area contributed by atoms with Crippen LogP contribution in [-0.2, 0) is 9.47 Å². The van der Waals surface area contributed by atoms with Gasteiger partial charge in [-0.15, -0.1) is 0 Å². The van der Waals surface area contributed by atoms with Gasteiger partial charge >= 0.3 is 0 Å². The Morgan fingerprint density at radius 2 is 1.45 bits per heavy atom. The smallest absolute Gasteiger partial charge is 0.114 e. The van der Waals surface area contributed by atoms with E-state index in [1.165, 1.54) is 70.6 Å². The van der Waals surface area contributed by atoms with Gasteiger partial charge in [0.25, 0.3) is 0 Å². The van der Waals surface area contributed by atoms with Crippen LogP contribution in [0.15, 0.2) is 12.2 Å². The molecular weight excluding hydrogens is 368 g/mol. The molecule has 0 saturated carbocycles. The molecular formula is C24H46O5. The second-order valence-corrected chi connectivity index (χ2v) is 8.36. The van der Waals surface area contributed by atoms with E-state index >= 15 is 0 Å². The van der Waals surface area contributed by atoms with E-state index in [-0.39, 0.29) is 6.61 Å². The Kier molecular flexibility index (Phi) is 16.8. The molecule has 1 aliphatic rings.